The van der Waals surface area contributed by atoms with Crippen molar-refractivity contribution in [3.05, 3.63) is 84.3 Å². The first kappa shape index (κ1) is 19.5. The summed E-state index contributed by atoms with van der Waals surface area (Å²) in [5, 5.41) is 4.20. The number of rotatable bonds is 5. The number of aromatic nitrogens is 2. The number of amides is 1. The topological polar surface area (TPSA) is 59.4 Å². The fourth-order valence-corrected chi connectivity index (χ4v) is 4.84. The quantitative estimate of drug-likeness (QED) is 0.499. The summed E-state index contributed by atoms with van der Waals surface area (Å²) >= 11 is 1.53. The summed E-state index contributed by atoms with van der Waals surface area (Å²) in [6, 6.07) is 19.9. The predicted molar refractivity (Wildman–Crippen MR) is 124 cm³/mol. The molecule has 2 aromatic carbocycles. The summed E-state index contributed by atoms with van der Waals surface area (Å²) in [7, 11) is 0. The van der Waals surface area contributed by atoms with Gasteiger partial charge < -0.3 is 19.5 Å². The fourth-order valence-electron chi connectivity index (χ4n) is 3.71. The highest BCUT2D eigenvalue weighted by Gasteiger charge is 2.22. The number of morpholine rings is 1. The van der Waals surface area contributed by atoms with Gasteiger partial charge in [0.2, 0.25) is 0 Å². The van der Waals surface area contributed by atoms with Crippen LogP contribution in [0.4, 0.5) is 10.7 Å². The molecule has 2 aromatic heterocycles. The highest BCUT2D eigenvalue weighted by Crippen LogP contribution is 2.39. The summed E-state index contributed by atoms with van der Waals surface area (Å²) in [6.07, 6.45) is 5.30. The van der Waals surface area contributed by atoms with E-state index in [2.05, 4.69) is 27.3 Å². The Morgan fingerprint density at radius 2 is 1.81 bits per heavy atom. The highest BCUT2D eigenvalue weighted by molar-refractivity contribution is 7.18. The van der Waals surface area contributed by atoms with E-state index in [9.17, 15) is 4.79 Å². The minimum absolute atomic E-state index is 0.116. The van der Waals surface area contributed by atoms with Gasteiger partial charge >= 0.3 is 0 Å². The number of hydrogen-bond acceptors (Lipinski definition) is 5. The first-order valence-corrected chi connectivity index (χ1v) is 11.0. The maximum absolute atomic E-state index is 13.2. The number of thiophene rings is 1. The van der Waals surface area contributed by atoms with Gasteiger partial charge in [-0.25, -0.2) is 4.98 Å². The van der Waals surface area contributed by atoms with E-state index in [4.69, 9.17) is 4.74 Å². The third-order valence-corrected chi connectivity index (χ3v) is 6.45. The molecule has 1 aliphatic rings. The maximum Gasteiger partial charge on any atom is 0.265 e. The first-order chi connectivity index (χ1) is 15.3. The summed E-state index contributed by atoms with van der Waals surface area (Å²) in [6.45, 7) is 3.05. The Kier molecular flexibility index (Phi) is 5.52. The van der Waals surface area contributed by atoms with Crippen LogP contribution in [-0.2, 0) is 4.74 Å². The van der Waals surface area contributed by atoms with Gasteiger partial charge in [-0.3, -0.25) is 4.79 Å². The number of imidazole rings is 1. The largest absolute Gasteiger partial charge is 0.378 e. The second-order valence-electron chi connectivity index (χ2n) is 7.24. The summed E-state index contributed by atoms with van der Waals surface area (Å²) in [4.78, 5) is 20.4. The number of nitrogens with zero attached hydrogens (tertiary/aromatic N) is 3. The lowest BCUT2D eigenvalue weighted by Gasteiger charge is -2.28. The van der Waals surface area contributed by atoms with Crippen molar-refractivity contribution in [2.24, 2.45) is 0 Å². The number of ether oxygens (including phenoxy) is 1. The Balaban J connectivity index is 1.48. The van der Waals surface area contributed by atoms with Gasteiger partial charge in [0.15, 0.2) is 0 Å². The Morgan fingerprint density at radius 3 is 2.58 bits per heavy atom. The third-order valence-electron chi connectivity index (χ3n) is 5.25. The van der Waals surface area contributed by atoms with Crippen LogP contribution in [0.5, 0.6) is 0 Å². The van der Waals surface area contributed by atoms with E-state index in [1.54, 1.807) is 12.5 Å². The lowest BCUT2D eigenvalue weighted by Crippen LogP contribution is -2.35. The molecule has 1 saturated heterocycles. The van der Waals surface area contributed by atoms with Crippen molar-refractivity contribution in [3.8, 4) is 16.8 Å². The maximum atomic E-state index is 13.2. The fraction of sp³-hybridized carbons (Fsp3) is 0.167. The van der Waals surface area contributed by atoms with Gasteiger partial charge in [0.1, 0.15) is 0 Å². The molecule has 1 fully saturated rings. The average molecular weight is 431 g/mol. The van der Waals surface area contributed by atoms with Crippen LogP contribution in [0.25, 0.3) is 16.8 Å². The molecule has 0 spiro atoms. The molecule has 1 N–H and O–H groups in total. The van der Waals surface area contributed by atoms with E-state index in [-0.39, 0.29) is 5.91 Å². The Bertz CT molecular complexity index is 1170. The molecule has 0 aliphatic carbocycles. The van der Waals surface area contributed by atoms with Crippen molar-refractivity contribution in [2.75, 3.05) is 36.5 Å². The zero-order chi connectivity index (χ0) is 21.0. The van der Waals surface area contributed by atoms with Crippen molar-refractivity contribution < 1.29 is 9.53 Å². The molecule has 5 rings (SSSR count). The summed E-state index contributed by atoms with van der Waals surface area (Å²) < 4.78 is 7.41. The molecule has 0 saturated carbocycles. The number of hydrogen-bond donors (Lipinski definition) is 1. The van der Waals surface area contributed by atoms with Gasteiger partial charge in [-0.15, -0.1) is 11.3 Å². The Labute approximate surface area is 184 Å². The molecule has 0 radical (unpaired) electrons. The number of nitrogens with one attached hydrogen (secondary N) is 1. The third kappa shape index (κ3) is 4.10. The minimum Gasteiger partial charge on any atom is -0.378 e. The zero-order valence-corrected chi connectivity index (χ0v) is 17.7. The van der Waals surface area contributed by atoms with E-state index >= 15 is 0 Å². The minimum atomic E-state index is -0.116. The smallest absolute Gasteiger partial charge is 0.265 e. The number of para-hydroxylation sites is 2. The molecule has 1 aliphatic heterocycles. The molecule has 3 heterocycles. The van der Waals surface area contributed by atoms with Crippen LogP contribution >= 0.6 is 11.3 Å². The van der Waals surface area contributed by atoms with E-state index in [1.165, 1.54) is 11.3 Å². The van der Waals surface area contributed by atoms with Gasteiger partial charge in [-0.1, -0.05) is 42.5 Å². The van der Waals surface area contributed by atoms with Gasteiger partial charge in [0.25, 0.3) is 5.91 Å². The summed E-state index contributed by atoms with van der Waals surface area (Å²) in [5.74, 6) is -0.116. The molecule has 156 valence electrons. The van der Waals surface area contributed by atoms with Crippen molar-refractivity contribution >= 4 is 27.9 Å². The van der Waals surface area contributed by atoms with Crippen LogP contribution < -0.4 is 10.2 Å². The number of benzene rings is 2. The zero-order valence-electron chi connectivity index (χ0n) is 16.9. The van der Waals surface area contributed by atoms with Crippen molar-refractivity contribution in [3.63, 3.8) is 0 Å². The van der Waals surface area contributed by atoms with Crippen molar-refractivity contribution in [1.82, 2.24) is 9.55 Å². The van der Waals surface area contributed by atoms with Crippen LogP contribution in [0.15, 0.2) is 79.4 Å². The molecule has 6 nitrogen and oxygen atoms in total. The van der Waals surface area contributed by atoms with Crippen LogP contribution in [0.2, 0.25) is 0 Å². The van der Waals surface area contributed by atoms with Gasteiger partial charge in [-0.05, 0) is 23.8 Å². The molecule has 0 unspecified atom stereocenters. The van der Waals surface area contributed by atoms with E-state index in [1.807, 2.05) is 59.3 Å². The van der Waals surface area contributed by atoms with E-state index in [0.29, 0.717) is 18.1 Å². The molecule has 4 aromatic rings. The lowest BCUT2D eigenvalue weighted by molar-refractivity contribution is 0.103. The normalized spacial score (nSPS) is 13.9. The van der Waals surface area contributed by atoms with E-state index < -0.39 is 0 Å². The Morgan fingerprint density at radius 1 is 1.03 bits per heavy atom. The van der Waals surface area contributed by atoms with Crippen LogP contribution in [0, 0.1) is 0 Å². The molecule has 0 bridgehead atoms. The monoisotopic (exact) mass is 430 g/mol. The van der Waals surface area contributed by atoms with Gasteiger partial charge in [-0.2, -0.15) is 0 Å². The molecule has 0 atom stereocenters. The number of carbonyl (C=O) groups excluding carboxylic acids is 1. The van der Waals surface area contributed by atoms with Crippen molar-refractivity contribution in [2.45, 2.75) is 0 Å². The highest BCUT2D eigenvalue weighted by atomic mass is 32.1. The molecular formula is C24H22N4O2S. The molecule has 7 heteroatoms. The standard InChI is InChI=1S/C24H22N4O2S/c29-23(26-20-8-4-5-9-21(20)28-11-10-25-17-28)22-16-19(18-6-2-1-3-7-18)24(31-22)27-12-14-30-15-13-27/h1-11,16-17H,12-15H2,(H,26,29). The molecule has 1 amide bonds. The van der Waals surface area contributed by atoms with Crippen LogP contribution in [0.1, 0.15) is 9.67 Å². The van der Waals surface area contributed by atoms with Crippen molar-refractivity contribution in [1.29, 1.82) is 0 Å². The first-order valence-electron chi connectivity index (χ1n) is 10.2. The lowest BCUT2D eigenvalue weighted by atomic mass is 10.1. The van der Waals surface area contributed by atoms with Crippen LogP contribution in [0.3, 0.4) is 0 Å². The second-order valence-corrected chi connectivity index (χ2v) is 8.27. The van der Waals surface area contributed by atoms with Gasteiger partial charge in [0, 0.05) is 31.0 Å². The predicted octanol–water partition coefficient (Wildman–Crippen LogP) is 4.69. The number of carbonyl (C=O) groups is 1. The average Bonchev–Trinajstić information content (AvgIpc) is 3.51. The van der Waals surface area contributed by atoms with Gasteiger partial charge in [0.05, 0.1) is 40.8 Å². The Hall–Kier alpha value is -3.42. The molecule has 31 heavy (non-hydrogen) atoms. The SMILES string of the molecule is O=C(Nc1ccccc1-n1ccnc1)c1cc(-c2ccccc2)c(N2CCOCC2)s1. The van der Waals surface area contributed by atoms with Crippen LogP contribution in [-0.4, -0.2) is 41.8 Å². The number of anilines is 2. The summed E-state index contributed by atoms with van der Waals surface area (Å²) in [5.41, 5.74) is 3.81. The van der Waals surface area contributed by atoms with E-state index in [0.717, 1.165) is 40.6 Å². The molecular weight excluding hydrogens is 408 g/mol. The second kappa shape index (κ2) is 8.75.